The third-order valence-electron chi connectivity index (χ3n) is 4.79. The number of benzene rings is 1. The van der Waals surface area contributed by atoms with Crippen molar-refractivity contribution in [3.05, 3.63) is 54.1 Å². The van der Waals surface area contributed by atoms with Gasteiger partial charge in [0, 0.05) is 42.9 Å². The Morgan fingerprint density at radius 1 is 1.30 bits per heavy atom. The van der Waals surface area contributed by atoms with Gasteiger partial charge in [-0.2, -0.15) is 0 Å². The summed E-state index contributed by atoms with van der Waals surface area (Å²) < 4.78 is 5.58. The number of amides is 1. The lowest BCUT2D eigenvalue weighted by Gasteiger charge is -2.11. The van der Waals surface area contributed by atoms with Crippen molar-refractivity contribution in [2.75, 3.05) is 25.0 Å². The Hall–Kier alpha value is -2.93. The number of nitrogens with one attached hydrogen (secondary N) is 3. The first-order valence-electron chi connectivity index (χ1n) is 9.30. The van der Waals surface area contributed by atoms with E-state index in [1.807, 2.05) is 24.4 Å². The Kier molecular flexibility index (Phi) is 5.29. The first-order chi connectivity index (χ1) is 13.3. The van der Waals surface area contributed by atoms with E-state index in [4.69, 9.17) is 4.74 Å². The number of ether oxygens (including phenoxy) is 1. The van der Waals surface area contributed by atoms with E-state index < -0.39 is 0 Å². The summed E-state index contributed by atoms with van der Waals surface area (Å²) in [6, 6.07) is 9.83. The molecule has 3 heterocycles. The average molecular weight is 365 g/mol. The Balaban J connectivity index is 1.30. The second-order valence-corrected chi connectivity index (χ2v) is 6.67. The summed E-state index contributed by atoms with van der Waals surface area (Å²) in [6.07, 6.45) is 6.53. The van der Waals surface area contributed by atoms with E-state index in [9.17, 15) is 4.79 Å². The van der Waals surface area contributed by atoms with Gasteiger partial charge in [-0.25, -0.2) is 9.97 Å². The van der Waals surface area contributed by atoms with Crippen molar-refractivity contribution in [2.45, 2.75) is 25.4 Å². The smallest absolute Gasteiger partial charge is 0.270 e. The van der Waals surface area contributed by atoms with Crippen molar-refractivity contribution < 1.29 is 9.53 Å². The number of fused-ring (bicyclic) bond motifs is 1. The maximum absolute atomic E-state index is 12.4. The molecule has 7 heteroatoms. The lowest BCUT2D eigenvalue weighted by atomic mass is 10.1. The van der Waals surface area contributed by atoms with Gasteiger partial charge in [-0.05, 0) is 30.9 Å². The lowest BCUT2D eigenvalue weighted by Crippen LogP contribution is -2.27. The normalized spacial score (nSPS) is 16.5. The molecular formula is C20H23N5O2. The standard InChI is InChI=1S/C20H23N5O2/c26-20(21-8-7-14-11-22-17-6-2-1-5-16(14)17)18-10-19(25-13-24-18)23-12-15-4-3-9-27-15/h1-2,5-6,10-11,13,15,22H,3-4,7-9,12H2,(H,21,26)(H,23,24,25). The van der Waals surface area contributed by atoms with Crippen LogP contribution in [0.4, 0.5) is 5.82 Å². The molecule has 0 spiro atoms. The fourth-order valence-corrected chi connectivity index (χ4v) is 3.34. The number of carbonyl (C=O) groups is 1. The molecule has 0 bridgehead atoms. The SMILES string of the molecule is O=C(NCCc1c[nH]c2ccccc12)c1cc(NCC2CCCO2)ncn1. The number of para-hydroxylation sites is 1. The molecule has 1 saturated heterocycles. The van der Waals surface area contributed by atoms with E-state index in [2.05, 4.69) is 31.7 Å². The molecule has 0 saturated carbocycles. The molecule has 3 aromatic rings. The molecule has 3 N–H and O–H groups in total. The molecular weight excluding hydrogens is 342 g/mol. The van der Waals surface area contributed by atoms with Crippen LogP contribution in [0.25, 0.3) is 10.9 Å². The quantitative estimate of drug-likeness (QED) is 0.598. The maximum atomic E-state index is 12.4. The number of hydrogen-bond donors (Lipinski definition) is 3. The van der Waals surface area contributed by atoms with Gasteiger partial charge in [-0.1, -0.05) is 18.2 Å². The molecule has 27 heavy (non-hydrogen) atoms. The topological polar surface area (TPSA) is 91.9 Å². The van der Waals surface area contributed by atoms with Crippen LogP contribution in [-0.4, -0.2) is 46.7 Å². The molecule has 4 rings (SSSR count). The number of aromatic amines is 1. The zero-order valence-electron chi connectivity index (χ0n) is 15.1. The van der Waals surface area contributed by atoms with E-state index in [1.54, 1.807) is 6.07 Å². The van der Waals surface area contributed by atoms with Crippen molar-refractivity contribution in [3.8, 4) is 0 Å². The van der Waals surface area contributed by atoms with Gasteiger partial charge in [0.05, 0.1) is 6.10 Å². The molecule has 7 nitrogen and oxygen atoms in total. The van der Waals surface area contributed by atoms with Gasteiger partial charge in [-0.3, -0.25) is 4.79 Å². The van der Waals surface area contributed by atoms with Crippen LogP contribution in [0.5, 0.6) is 0 Å². The summed E-state index contributed by atoms with van der Waals surface area (Å²) in [5.41, 5.74) is 2.66. The summed E-state index contributed by atoms with van der Waals surface area (Å²) in [5, 5.41) is 7.34. The predicted molar refractivity (Wildman–Crippen MR) is 104 cm³/mol. The van der Waals surface area contributed by atoms with Crippen molar-refractivity contribution in [3.63, 3.8) is 0 Å². The highest BCUT2D eigenvalue weighted by atomic mass is 16.5. The molecule has 2 aromatic heterocycles. The van der Waals surface area contributed by atoms with Crippen LogP contribution in [0.2, 0.25) is 0 Å². The highest BCUT2D eigenvalue weighted by Crippen LogP contribution is 2.17. The third-order valence-corrected chi connectivity index (χ3v) is 4.79. The van der Waals surface area contributed by atoms with E-state index in [1.165, 1.54) is 17.3 Å². The highest BCUT2D eigenvalue weighted by Gasteiger charge is 2.15. The van der Waals surface area contributed by atoms with Crippen LogP contribution in [-0.2, 0) is 11.2 Å². The van der Waals surface area contributed by atoms with Gasteiger partial charge in [-0.15, -0.1) is 0 Å². The zero-order chi connectivity index (χ0) is 18.5. The molecule has 1 amide bonds. The van der Waals surface area contributed by atoms with Gasteiger partial charge in [0.1, 0.15) is 17.8 Å². The summed E-state index contributed by atoms with van der Waals surface area (Å²) in [4.78, 5) is 23.9. The molecule has 1 unspecified atom stereocenters. The minimum Gasteiger partial charge on any atom is -0.376 e. The number of rotatable bonds is 7. The molecule has 0 radical (unpaired) electrons. The van der Waals surface area contributed by atoms with E-state index in [-0.39, 0.29) is 12.0 Å². The first kappa shape index (κ1) is 17.5. The zero-order valence-corrected chi connectivity index (χ0v) is 15.1. The van der Waals surface area contributed by atoms with Gasteiger partial charge in [0.2, 0.25) is 0 Å². The van der Waals surface area contributed by atoms with E-state index >= 15 is 0 Å². The van der Waals surface area contributed by atoms with Crippen molar-refractivity contribution in [2.24, 2.45) is 0 Å². The lowest BCUT2D eigenvalue weighted by molar-refractivity contribution is 0.0949. The minimum absolute atomic E-state index is 0.197. The number of carbonyl (C=O) groups excluding carboxylic acids is 1. The second-order valence-electron chi connectivity index (χ2n) is 6.67. The van der Waals surface area contributed by atoms with Gasteiger partial charge in [0.15, 0.2) is 0 Å². The van der Waals surface area contributed by atoms with Crippen LogP contribution >= 0.6 is 0 Å². The van der Waals surface area contributed by atoms with Crippen LogP contribution < -0.4 is 10.6 Å². The Bertz CT molecular complexity index is 917. The van der Waals surface area contributed by atoms with Gasteiger partial charge >= 0.3 is 0 Å². The monoisotopic (exact) mass is 365 g/mol. The maximum Gasteiger partial charge on any atom is 0.270 e. The summed E-state index contributed by atoms with van der Waals surface area (Å²) >= 11 is 0. The van der Waals surface area contributed by atoms with Crippen LogP contribution in [0, 0.1) is 0 Å². The number of aromatic nitrogens is 3. The first-order valence-corrected chi connectivity index (χ1v) is 9.30. The summed E-state index contributed by atoms with van der Waals surface area (Å²) in [6.45, 7) is 2.06. The van der Waals surface area contributed by atoms with Crippen LogP contribution in [0.3, 0.4) is 0 Å². The molecule has 0 aliphatic carbocycles. The molecule has 1 aliphatic rings. The molecule has 1 fully saturated rings. The number of anilines is 1. The molecule has 140 valence electrons. The Labute approximate surface area is 157 Å². The number of nitrogens with zero attached hydrogens (tertiary/aromatic N) is 2. The predicted octanol–water partition coefficient (Wildman–Crippen LogP) is 2.52. The molecule has 1 aromatic carbocycles. The third kappa shape index (κ3) is 4.25. The molecule has 1 atom stereocenters. The average Bonchev–Trinajstić information content (AvgIpc) is 3.37. The van der Waals surface area contributed by atoms with Crippen LogP contribution in [0.15, 0.2) is 42.9 Å². The van der Waals surface area contributed by atoms with Crippen molar-refractivity contribution in [1.82, 2.24) is 20.3 Å². The number of H-pyrrole nitrogens is 1. The largest absolute Gasteiger partial charge is 0.376 e. The second kappa shape index (κ2) is 8.18. The highest BCUT2D eigenvalue weighted by molar-refractivity contribution is 5.92. The Morgan fingerprint density at radius 2 is 2.22 bits per heavy atom. The van der Waals surface area contributed by atoms with Gasteiger partial charge in [0.25, 0.3) is 5.91 Å². The van der Waals surface area contributed by atoms with E-state index in [0.717, 1.165) is 31.4 Å². The molecule has 1 aliphatic heterocycles. The fourth-order valence-electron chi connectivity index (χ4n) is 3.34. The minimum atomic E-state index is -0.197. The van der Waals surface area contributed by atoms with Gasteiger partial charge < -0.3 is 20.4 Å². The number of hydrogen-bond acceptors (Lipinski definition) is 5. The van der Waals surface area contributed by atoms with E-state index in [0.29, 0.717) is 24.6 Å². The Morgan fingerprint density at radius 3 is 3.11 bits per heavy atom. The van der Waals surface area contributed by atoms with Crippen molar-refractivity contribution >= 4 is 22.6 Å². The summed E-state index contributed by atoms with van der Waals surface area (Å²) in [5.74, 6) is 0.444. The van der Waals surface area contributed by atoms with Crippen molar-refractivity contribution in [1.29, 1.82) is 0 Å². The summed E-state index contributed by atoms with van der Waals surface area (Å²) in [7, 11) is 0. The fraction of sp³-hybridized carbons (Fsp3) is 0.350. The van der Waals surface area contributed by atoms with Crippen LogP contribution in [0.1, 0.15) is 28.9 Å².